The Balaban J connectivity index is 2.58. The van der Waals surface area contributed by atoms with Crippen LogP contribution in [-0.4, -0.2) is 31.8 Å². The summed E-state index contributed by atoms with van der Waals surface area (Å²) in [5.41, 5.74) is 6.93. The molecule has 0 amide bonds. The lowest BCUT2D eigenvalue weighted by molar-refractivity contribution is -0.132. The fourth-order valence-electron chi connectivity index (χ4n) is 3.41. The Morgan fingerprint density at radius 3 is 2.10 bits per heavy atom. The molecule has 0 atom stereocenters. The van der Waals surface area contributed by atoms with Crippen molar-refractivity contribution in [3.63, 3.8) is 0 Å². The molecule has 0 aromatic heterocycles. The first-order chi connectivity index (χ1) is 14.2. The predicted octanol–water partition coefficient (Wildman–Crippen LogP) is 5.85. The van der Waals surface area contributed by atoms with Crippen molar-refractivity contribution in [1.29, 1.82) is 0 Å². The molecule has 30 heavy (non-hydrogen) atoms. The fraction of sp³-hybridized carbons (Fsp3) is 0.320. The Morgan fingerprint density at radius 1 is 1.00 bits per heavy atom. The van der Waals surface area contributed by atoms with Gasteiger partial charge in [0.1, 0.15) is 11.5 Å². The van der Waals surface area contributed by atoms with E-state index in [1.165, 1.54) is 5.57 Å². The van der Waals surface area contributed by atoms with Crippen molar-refractivity contribution < 1.29 is 19.4 Å². The Kier molecular flexibility index (Phi) is 7.70. The van der Waals surface area contributed by atoms with Gasteiger partial charge in [-0.05, 0) is 58.4 Å². The van der Waals surface area contributed by atoms with E-state index in [0.29, 0.717) is 11.5 Å². The molecule has 0 spiro atoms. The molecule has 2 N–H and O–H groups in total. The first kappa shape index (κ1) is 23.1. The van der Waals surface area contributed by atoms with Crippen LogP contribution in [0, 0.1) is 13.8 Å². The Morgan fingerprint density at radius 2 is 1.60 bits per heavy atom. The third-order valence-corrected chi connectivity index (χ3v) is 5.03. The molecule has 0 bridgehead atoms. The minimum Gasteiger partial charge on any atom is -0.496 e. The molecule has 0 radical (unpaired) electrons. The number of benzene rings is 2. The van der Waals surface area contributed by atoms with E-state index in [-0.39, 0.29) is 5.57 Å². The highest BCUT2D eigenvalue weighted by Crippen LogP contribution is 2.44. The van der Waals surface area contributed by atoms with Crippen LogP contribution in [-0.2, 0) is 4.79 Å². The first-order valence-corrected chi connectivity index (χ1v) is 9.85. The van der Waals surface area contributed by atoms with Crippen LogP contribution in [0.5, 0.6) is 11.5 Å². The standard InChI is InChI=1S/C25H31NO4/c1-15(2)12-13-26-20-10-8-19(9-11-20)22-18(5)23(29-6)21(14-16(3)25(27)28)17(4)24(22)30-7/h8-12,14,26H,13H2,1-7H3,(H,27,28)/b16-14+. The van der Waals surface area contributed by atoms with Gasteiger partial charge in [0, 0.05) is 40.1 Å². The lowest BCUT2D eigenvalue weighted by Gasteiger charge is -2.21. The van der Waals surface area contributed by atoms with Crippen LogP contribution in [0.25, 0.3) is 17.2 Å². The minimum absolute atomic E-state index is 0.234. The Hall–Kier alpha value is -3.21. The number of anilines is 1. The maximum atomic E-state index is 11.3. The smallest absolute Gasteiger partial charge is 0.331 e. The zero-order valence-electron chi connectivity index (χ0n) is 18.8. The molecule has 160 valence electrons. The average Bonchev–Trinajstić information content (AvgIpc) is 2.70. The molecule has 2 aromatic rings. The number of ether oxygens (including phenoxy) is 2. The third-order valence-electron chi connectivity index (χ3n) is 5.03. The van der Waals surface area contributed by atoms with Crippen LogP contribution in [0.1, 0.15) is 37.5 Å². The van der Waals surface area contributed by atoms with E-state index in [4.69, 9.17) is 9.47 Å². The molecule has 5 heteroatoms. The monoisotopic (exact) mass is 409 g/mol. The van der Waals surface area contributed by atoms with Gasteiger partial charge < -0.3 is 19.9 Å². The zero-order valence-corrected chi connectivity index (χ0v) is 18.8. The summed E-state index contributed by atoms with van der Waals surface area (Å²) < 4.78 is 11.4. The molecule has 5 nitrogen and oxygen atoms in total. The van der Waals surface area contributed by atoms with Crippen molar-refractivity contribution in [2.45, 2.75) is 34.6 Å². The van der Waals surface area contributed by atoms with Gasteiger partial charge in [-0.15, -0.1) is 0 Å². The van der Waals surface area contributed by atoms with Crippen molar-refractivity contribution >= 4 is 17.7 Å². The maximum absolute atomic E-state index is 11.3. The number of rotatable bonds is 8. The molecule has 0 aliphatic rings. The van der Waals surface area contributed by atoms with Crippen molar-refractivity contribution in [2.75, 3.05) is 26.1 Å². The number of nitrogens with one attached hydrogen (secondary N) is 1. The summed E-state index contributed by atoms with van der Waals surface area (Å²) in [5, 5.41) is 12.7. The molecule has 0 aliphatic carbocycles. The lowest BCUT2D eigenvalue weighted by Crippen LogP contribution is -2.03. The van der Waals surface area contributed by atoms with E-state index >= 15 is 0 Å². The highest BCUT2D eigenvalue weighted by atomic mass is 16.5. The van der Waals surface area contributed by atoms with Crippen LogP contribution in [0.2, 0.25) is 0 Å². The second-order valence-corrected chi connectivity index (χ2v) is 7.48. The normalized spacial score (nSPS) is 11.1. The second-order valence-electron chi connectivity index (χ2n) is 7.48. The first-order valence-electron chi connectivity index (χ1n) is 9.85. The van der Waals surface area contributed by atoms with Gasteiger partial charge >= 0.3 is 5.97 Å². The summed E-state index contributed by atoms with van der Waals surface area (Å²) in [5.74, 6) is 0.394. The number of hydrogen-bond donors (Lipinski definition) is 2. The second kappa shape index (κ2) is 10.0. The van der Waals surface area contributed by atoms with Crippen LogP contribution < -0.4 is 14.8 Å². The summed E-state index contributed by atoms with van der Waals surface area (Å²) in [4.78, 5) is 11.3. The molecule has 0 unspecified atom stereocenters. The number of hydrogen-bond acceptors (Lipinski definition) is 4. The Labute approximate surface area is 179 Å². The molecular formula is C25H31NO4. The van der Waals surface area contributed by atoms with Crippen LogP contribution in [0.15, 0.2) is 41.5 Å². The van der Waals surface area contributed by atoms with E-state index in [9.17, 15) is 9.90 Å². The highest BCUT2D eigenvalue weighted by molar-refractivity contribution is 5.93. The summed E-state index contributed by atoms with van der Waals surface area (Å²) in [6, 6.07) is 8.17. The molecule has 2 aromatic carbocycles. The quantitative estimate of drug-likeness (QED) is 0.423. The van der Waals surface area contributed by atoms with Crippen LogP contribution in [0.4, 0.5) is 5.69 Å². The molecule has 0 heterocycles. The molecule has 0 fully saturated rings. The van der Waals surface area contributed by atoms with Crippen molar-refractivity contribution in [3.05, 3.63) is 58.2 Å². The zero-order chi connectivity index (χ0) is 22.4. The van der Waals surface area contributed by atoms with Gasteiger partial charge in [-0.2, -0.15) is 0 Å². The third kappa shape index (κ3) is 5.03. The fourth-order valence-corrected chi connectivity index (χ4v) is 3.41. The van der Waals surface area contributed by atoms with E-state index in [1.54, 1.807) is 27.2 Å². The maximum Gasteiger partial charge on any atom is 0.331 e. The number of carboxylic acids is 1. The molecule has 2 rings (SSSR count). The van der Waals surface area contributed by atoms with Crippen molar-refractivity contribution in [3.8, 4) is 22.6 Å². The van der Waals surface area contributed by atoms with Gasteiger partial charge in [0.2, 0.25) is 0 Å². The molecule has 0 saturated heterocycles. The number of allylic oxidation sites excluding steroid dienone is 1. The van der Waals surface area contributed by atoms with E-state index in [2.05, 4.69) is 25.2 Å². The minimum atomic E-state index is -0.964. The number of carbonyl (C=O) groups is 1. The highest BCUT2D eigenvalue weighted by Gasteiger charge is 2.21. The number of methoxy groups -OCH3 is 2. The van der Waals surface area contributed by atoms with Crippen molar-refractivity contribution in [1.82, 2.24) is 0 Å². The molecule has 0 aliphatic heterocycles. The van der Waals surface area contributed by atoms with Gasteiger partial charge in [0.05, 0.1) is 14.2 Å². The van der Waals surface area contributed by atoms with Gasteiger partial charge in [-0.25, -0.2) is 4.79 Å². The number of aliphatic carboxylic acids is 1. The van der Waals surface area contributed by atoms with E-state index in [1.807, 2.05) is 38.1 Å². The predicted molar refractivity (Wildman–Crippen MR) is 124 cm³/mol. The molecular weight excluding hydrogens is 378 g/mol. The number of carboxylic acid groups (broad SMARTS) is 1. The average molecular weight is 410 g/mol. The van der Waals surface area contributed by atoms with Crippen LogP contribution >= 0.6 is 0 Å². The topological polar surface area (TPSA) is 67.8 Å². The van der Waals surface area contributed by atoms with Gasteiger partial charge in [-0.1, -0.05) is 23.8 Å². The van der Waals surface area contributed by atoms with Crippen LogP contribution in [0.3, 0.4) is 0 Å². The van der Waals surface area contributed by atoms with Crippen molar-refractivity contribution in [2.24, 2.45) is 0 Å². The van der Waals surface area contributed by atoms with Gasteiger partial charge in [0.25, 0.3) is 0 Å². The van der Waals surface area contributed by atoms with Gasteiger partial charge in [-0.3, -0.25) is 0 Å². The summed E-state index contributed by atoms with van der Waals surface area (Å²) in [7, 11) is 3.23. The van der Waals surface area contributed by atoms with Gasteiger partial charge in [0.15, 0.2) is 0 Å². The largest absolute Gasteiger partial charge is 0.496 e. The Bertz CT molecular complexity index is 981. The van der Waals surface area contributed by atoms with E-state index in [0.717, 1.165) is 40.0 Å². The van der Waals surface area contributed by atoms with E-state index < -0.39 is 5.97 Å². The summed E-state index contributed by atoms with van der Waals surface area (Å²) in [6.45, 7) is 10.4. The SMILES string of the molecule is COc1c(C)c(-c2ccc(NCC=C(C)C)cc2)c(OC)c(C)c1/C=C(\C)C(=O)O. The summed E-state index contributed by atoms with van der Waals surface area (Å²) >= 11 is 0. The lowest BCUT2D eigenvalue weighted by atomic mass is 9.91. The molecule has 0 saturated carbocycles. The summed E-state index contributed by atoms with van der Waals surface area (Å²) in [6.07, 6.45) is 3.77.